The van der Waals surface area contributed by atoms with Crippen molar-refractivity contribution in [2.24, 2.45) is 46.3 Å². The van der Waals surface area contributed by atoms with Crippen molar-refractivity contribution in [2.45, 2.75) is 161 Å². The van der Waals surface area contributed by atoms with Crippen molar-refractivity contribution in [3.8, 4) is 5.75 Å². The third-order valence-corrected chi connectivity index (χ3v) is 15.8. The number of benzene rings is 1. The van der Waals surface area contributed by atoms with Crippen LogP contribution in [0.2, 0.25) is 0 Å². The van der Waals surface area contributed by atoms with E-state index in [1.807, 2.05) is 0 Å². The first kappa shape index (κ1) is 44.4. The summed E-state index contributed by atoms with van der Waals surface area (Å²) in [5.74, 6) is 4.52. The number of nitrogens with one attached hydrogen (secondary N) is 2. The summed E-state index contributed by atoms with van der Waals surface area (Å²) in [7, 11) is -4.62. The molecule has 12 nitrogen and oxygen atoms in total. The second-order valence-corrected chi connectivity index (χ2v) is 20.9. The minimum absolute atomic E-state index is 0.0201. The first-order chi connectivity index (χ1) is 26.9. The molecule has 4 aliphatic carbocycles. The molecule has 2 amide bonds. The van der Waals surface area contributed by atoms with Crippen LogP contribution >= 0.6 is 7.94 Å². The lowest BCUT2D eigenvalue weighted by Crippen LogP contribution is -2.59. The van der Waals surface area contributed by atoms with E-state index in [9.17, 15) is 34.7 Å². The van der Waals surface area contributed by atoms with Crippen molar-refractivity contribution in [3.05, 3.63) is 35.9 Å². The van der Waals surface area contributed by atoms with Gasteiger partial charge in [-0.3, -0.25) is 14.5 Å². The van der Waals surface area contributed by atoms with E-state index >= 15 is 0 Å². The maximum absolute atomic E-state index is 13.1. The third kappa shape index (κ3) is 10.2. The molecule has 6 rings (SSSR count). The zero-order valence-corrected chi connectivity index (χ0v) is 35.5. The van der Waals surface area contributed by atoms with Crippen LogP contribution in [-0.4, -0.2) is 74.9 Å². The van der Waals surface area contributed by atoms with Crippen LogP contribution in [0.5, 0.6) is 5.75 Å². The fraction of sp³-hybridized carbons (Fsp3) is 0.773. The number of anilines is 1. The van der Waals surface area contributed by atoms with Crippen LogP contribution in [0.3, 0.4) is 0 Å². The molecule has 5 aliphatic rings. The van der Waals surface area contributed by atoms with Gasteiger partial charge in [0.25, 0.3) is 0 Å². The number of fused-ring (bicyclic) bond motifs is 5. The Kier molecular flexibility index (Phi) is 14.2. The van der Waals surface area contributed by atoms with Gasteiger partial charge < -0.3 is 45.2 Å². The highest BCUT2D eigenvalue weighted by Crippen LogP contribution is 2.67. The van der Waals surface area contributed by atoms with E-state index in [4.69, 9.17) is 14.4 Å². The average molecular weight is 816 g/mol. The van der Waals surface area contributed by atoms with Crippen molar-refractivity contribution in [2.75, 3.05) is 11.5 Å². The highest BCUT2D eigenvalue weighted by molar-refractivity contribution is 7.55. The number of hydrogen-bond acceptors (Lipinski definition) is 10. The molecule has 1 aromatic carbocycles. The molecule has 13 atom stereocenters. The van der Waals surface area contributed by atoms with Crippen LogP contribution in [0, 0.1) is 46.3 Å². The van der Waals surface area contributed by atoms with Crippen LogP contribution < -0.4 is 25.2 Å². The summed E-state index contributed by atoms with van der Waals surface area (Å²) < 4.78 is 11.2. The molecule has 57 heavy (non-hydrogen) atoms. The molecule has 0 bridgehead atoms. The van der Waals surface area contributed by atoms with Crippen LogP contribution in [0.25, 0.3) is 0 Å². The Labute approximate surface area is 339 Å². The summed E-state index contributed by atoms with van der Waals surface area (Å²) in [5.41, 5.74) is 2.65. The monoisotopic (exact) mass is 815 g/mol. The van der Waals surface area contributed by atoms with Crippen LogP contribution in [0.15, 0.2) is 35.9 Å². The molecule has 1 saturated heterocycles. The first-order valence-corrected chi connectivity index (χ1v) is 23.4. The van der Waals surface area contributed by atoms with Gasteiger partial charge in [0.2, 0.25) is 18.1 Å². The van der Waals surface area contributed by atoms with E-state index < -0.39 is 44.8 Å². The van der Waals surface area contributed by atoms with Crippen molar-refractivity contribution in [1.29, 1.82) is 0 Å². The summed E-state index contributed by atoms with van der Waals surface area (Å²) in [5, 5.41) is 36.8. The molecule has 0 radical (unpaired) electrons. The second-order valence-electron chi connectivity index (χ2n) is 19.2. The van der Waals surface area contributed by atoms with E-state index in [0.717, 1.165) is 54.8 Å². The van der Waals surface area contributed by atoms with Gasteiger partial charge in [0.15, 0.2) is 0 Å². The molecular weight excluding hydrogens is 747 g/mol. The third-order valence-electron chi connectivity index (χ3n) is 15.0. The molecule has 0 aromatic heterocycles. The Morgan fingerprint density at radius 2 is 1.65 bits per heavy atom. The maximum atomic E-state index is 13.1. The first-order valence-electron chi connectivity index (χ1n) is 21.7. The van der Waals surface area contributed by atoms with Gasteiger partial charge in [0.05, 0.1) is 12.3 Å². The summed E-state index contributed by atoms with van der Waals surface area (Å²) in [6.45, 7) is 12.4. The molecule has 4 fully saturated rings. The number of hydrogen-bond donors (Lipinski definition) is 6. The van der Waals surface area contributed by atoms with Crippen LogP contribution in [0.1, 0.15) is 125 Å². The van der Waals surface area contributed by atoms with Gasteiger partial charge in [-0.1, -0.05) is 65.5 Å². The van der Waals surface area contributed by atoms with Crippen LogP contribution in [0.4, 0.5) is 5.69 Å². The number of carbonyl (C=O) groups excluding carboxylic acids is 2. The molecule has 1 aromatic rings. The van der Waals surface area contributed by atoms with Gasteiger partial charge in [-0.15, -0.1) is 0 Å². The van der Waals surface area contributed by atoms with Gasteiger partial charge in [-0.05, 0) is 122 Å². The summed E-state index contributed by atoms with van der Waals surface area (Å²) in [6.07, 6.45) is 7.72. The number of ether oxygens (including phenoxy) is 2. The lowest BCUT2D eigenvalue weighted by molar-refractivity contribution is -0.332. The number of rotatable bonds is 15. The molecular formula is C44H68N2O10P-. The predicted molar refractivity (Wildman–Crippen MR) is 215 cm³/mol. The molecule has 1 aliphatic heterocycles. The van der Waals surface area contributed by atoms with E-state index in [1.54, 1.807) is 12.1 Å². The fourth-order valence-electron chi connectivity index (χ4n) is 11.9. The van der Waals surface area contributed by atoms with E-state index in [1.165, 1.54) is 69.1 Å². The largest absolute Gasteiger partial charge is 0.660 e. The molecule has 1 heterocycles. The van der Waals surface area contributed by atoms with Crippen molar-refractivity contribution in [3.63, 3.8) is 0 Å². The average Bonchev–Trinajstić information content (AvgIpc) is 3.51. The van der Waals surface area contributed by atoms with Crippen LogP contribution in [-0.2, 0) is 14.3 Å². The minimum Gasteiger partial charge on any atom is -0.660 e. The number of allylic oxidation sites excluding steroid dienone is 1. The van der Waals surface area contributed by atoms with E-state index in [0.29, 0.717) is 11.1 Å². The minimum atomic E-state index is -4.62. The number of carbonyl (C=O) groups is 2. The van der Waals surface area contributed by atoms with Crippen molar-refractivity contribution in [1.82, 2.24) is 5.32 Å². The topological polar surface area (TPSA) is 204 Å². The van der Waals surface area contributed by atoms with Gasteiger partial charge in [0, 0.05) is 38.9 Å². The zero-order valence-electron chi connectivity index (χ0n) is 34.6. The SMILES string of the molecule is CC(C)CCC[C@@H](C)[C@H]1CC[C@H]2[C@@H]3CC=C4C[C@@H](NC(=O)CCC(=O)Nc5ccc(O[C@H]6O[C@H](CC[P+]([O-])([O-])O)[C@@H](O)[C@H](O)[C@@H]6O)cc5)CC[C@]4(C)[C@H]3CC[C@]12C. The Bertz CT molecular complexity index is 1570. The van der Waals surface area contributed by atoms with Gasteiger partial charge >= 0.3 is 0 Å². The fourth-order valence-corrected chi connectivity index (χ4v) is 12.4. The van der Waals surface area contributed by atoms with Crippen molar-refractivity contribution >= 4 is 25.4 Å². The molecule has 0 unspecified atom stereocenters. The Balaban J connectivity index is 0.944. The number of aliphatic hydroxyl groups is 3. The number of amides is 2. The number of aliphatic hydroxyl groups excluding tert-OH is 3. The Morgan fingerprint density at radius 3 is 2.35 bits per heavy atom. The quantitative estimate of drug-likeness (QED) is 0.104. The van der Waals surface area contributed by atoms with E-state index in [-0.39, 0.29) is 48.3 Å². The molecule has 0 spiro atoms. The maximum Gasteiger partial charge on any atom is 0.229 e. The zero-order chi connectivity index (χ0) is 41.3. The lowest BCUT2D eigenvalue weighted by atomic mass is 9.47. The smallest absolute Gasteiger partial charge is 0.229 e. The van der Waals surface area contributed by atoms with Gasteiger partial charge in [0.1, 0.15) is 24.1 Å². The summed E-state index contributed by atoms with van der Waals surface area (Å²) >= 11 is 0. The molecule has 13 heteroatoms. The molecule has 6 N–H and O–H groups in total. The van der Waals surface area contributed by atoms with Crippen molar-refractivity contribution < 1.29 is 49.1 Å². The Hall–Kier alpha value is -2.15. The normalized spacial score (nSPS) is 37.0. The lowest BCUT2D eigenvalue weighted by Gasteiger charge is -2.58. The molecule has 3 saturated carbocycles. The summed E-state index contributed by atoms with van der Waals surface area (Å²) in [4.78, 5) is 57.3. The molecule has 320 valence electrons. The second kappa shape index (κ2) is 18.2. The standard InChI is InChI=1S/C44H69N2O10P/c1-26(2)7-6-8-27(3)33-15-16-34-32-14-9-28-25-30(19-22-43(28,4)35(32)20-23-44(33,34)5)46-38(48)18-17-37(47)45-29-10-12-31(13-11-29)55-42-41(51)40(50)39(49)36(56-42)21-24-57(52,53)54/h9-13,26-27,30,32-36,39-42,49-51H,6-8,14-25H2,1-5H3,(H,45,47)(H,46,48)(H2,52,53,54)/p-1/t27-,30+,32+,33-,34+,35+,36-,39-,40+,41+,42+,43+,44-/m1/s1. The highest BCUT2D eigenvalue weighted by Gasteiger charge is 2.59. The van der Waals surface area contributed by atoms with Gasteiger partial charge in [-0.2, -0.15) is 0 Å². The predicted octanol–water partition coefficient (Wildman–Crippen LogP) is 4.98. The van der Waals surface area contributed by atoms with Gasteiger partial charge in [-0.25, -0.2) is 0 Å². The summed E-state index contributed by atoms with van der Waals surface area (Å²) in [6, 6.07) is 6.24. The highest BCUT2D eigenvalue weighted by atomic mass is 31.2. The van der Waals surface area contributed by atoms with E-state index in [2.05, 4.69) is 51.3 Å². The Morgan fingerprint density at radius 1 is 0.930 bits per heavy atom.